The number of aryl methyl sites for hydroxylation is 2. The highest BCUT2D eigenvalue weighted by molar-refractivity contribution is 5.99. The summed E-state index contributed by atoms with van der Waals surface area (Å²) in [6.45, 7) is 4.33. The maximum absolute atomic E-state index is 14.2. The molecule has 33 heavy (non-hydrogen) atoms. The summed E-state index contributed by atoms with van der Waals surface area (Å²) in [7, 11) is 0. The Labute approximate surface area is 190 Å². The Kier molecular flexibility index (Phi) is 5.13. The summed E-state index contributed by atoms with van der Waals surface area (Å²) in [5.41, 5.74) is 6.65. The summed E-state index contributed by atoms with van der Waals surface area (Å²) in [5, 5.41) is 14.5. The van der Waals surface area contributed by atoms with Crippen LogP contribution in [-0.4, -0.2) is 27.5 Å². The molecule has 4 N–H and O–H groups in total. The second kappa shape index (κ2) is 8.13. The molecule has 0 aliphatic heterocycles. The Balaban J connectivity index is 1.32. The Hall–Kier alpha value is -4.06. The van der Waals surface area contributed by atoms with Gasteiger partial charge in [0.25, 0.3) is 5.91 Å². The van der Waals surface area contributed by atoms with Gasteiger partial charge in [-0.25, -0.2) is 4.39 Å². The topological polar surface area (TPSA) is 80.9 Å². The van der Waals surface area contributed by atoms with E-state index < -0.39 is 0 Å². The fourth-order valence-corrected chi connectivity index (χ4v) is 4.47. The molecular weight excluding hydrogens is 417 g/mol. The quantitative estimate of drug-likeness (QED) is 0.280. The van der Waals surface area contributed by atoms with Crippen molar-refractivity contribution in [3.8, 4) is 16.9 Å². The molecule has 0 fully saturated rings. The summed E-state index contributed by atoms with van der Waals surface area (Å²) >= 11 is 0. The lowest BCUT2D eigenvalue weighted by Gasteiger charge is -2.06. The number of aromatic amines is 2. The van der Waals surface area contributed by atoms with Crippen molar-refractivity contribution < 1.29 is 14.3 Å². The van der Waals surface area contributed by atoms with Crippen molar-refractivity contribution >= 4 is 27.7 Å². The van der Waals surface area contributed by atoms with Gasteiger partial charge >= 0.3 is 0 Å². The highest BCUT2D eigenvalue weighted by Crippen LogP contribution is 2.29. The average molecular weight is 442 g/mol. The average Bonchev–Trinajstić information content (AvgIpc) is 3.38. The summed E-state index contributed by atoms with van der Waals surface area (Å²) in [5.74, 6) is -0.245. The molecule has 0 unspecified atom stereocenters. The number of carbonyl (C=O) groups is 1. The first-order valence-electron chi connectivity index (χ1n) is 10.9. The number of aromatic hydroxyl groups is 1. The van der Waals surface area contributed by atoms with Gasteiger partial charge < -0.3 is 20.4 Å². The van der Waals surface area contributed by atoms with Crippen LogP contribution in [0.15, 0.2) is 60.7 Å². The van der Waals surface area contributed by atoms with Crippen LogP contribution in [0.25, 0.3) is 32.9 Å². The number of halogens is 1. The Morgan fingerprint density at radius 3 is 2.64 bits per heavy atom. The number of phenols is 1. The molecule has 0 bridgehead atoms. The zero-order valence-electron chi connectivity index (χ0n) is 18.4. The van der Waals surface area contributed by atoms with Crippen molar-refractivity contribution in [3.63, 3.8) is 0 Å². The first-order valence-corrected chi connectivity index (χ1v) is 10.9. The van der Waals surface area contributed by atoms with Crippen LogP contribution in [0.1, 0.15) is 27.3 Å². The zero-order chi connectivity index (χ0) is 23.1. The third-order valence-corrected chi connectivity index (χ3v) is 6.14. The van der Waals surface area contributed by atoms with Crippen molar-refractivity contribution in [2.24, 2.45) is 0 Å². The summed E-state index contributed by atoms with van der Waals surface area (Å²) in [4.78, 5) is 19.1. The van der Waals surface area contributed by atoms with Gasteiger partial charge in [0.1, 0.15) is 17.3 Å². The molecule has 166 valence electrons. The van der Waals surface area contributed by atoms with E-state index in [1.54, 1.807) is 24.3 Å². The zero-order valence-corrected chi connectivity index (χ0v) is 18.4. The van der Waals surface area contributed by atoms with E-state index >= 15 is 0 Å². The number of phenolic OH excluding ortho intramolecular Hbond substituents is 1. The first kappa shape index (κ1) is 20.8. The number of carbonyl (C=O) groups excluding carboxylic acids is 1. The van der Waals surface area contributed by atoms with Gasteiger partial charge in [0.15, 0.2) is 0 Å². The Bertz CT molecular complexity index is 1510. The van der Waals surface area contributed by atoms with E-state index in [2.05, 4.69) is 15.3 Å². The van der Waals surface area contributed by atoms with Gasteiger partial charge in [0, 0.05) is 28.5 Å². The molecule has 0 radical (unpaired) electrons. The van der Waals surface area contributed by atoms with Gasteiger partial charge in [-0.15, -0.1) is 0 Å². The van der Waals surface area contributed by atoms with Crippen molar-refractivity contribution in [3.05, 3.63) is 89.0 Å². The molecule has 2 aromatic heterocycles. The summed E-state index contributed by atoms with van der Waals surface area (Å²) in [6.07, 6.45) is 0.601. The smallest absolute Gasteiger partial charge is 0.267 e. The van der Waals surface area contributed by atoms with Gasteiger partial charge in [0.05, 0.1) is 5.52 Å². The fraction of sp³-hybridized carbons (Fsp3) is 0.148. The van der Waals surface area contributed by atoms with E-state index in [0.717, 1.165) is 44.2 Å². The predicted molar refractivity (Wildman–Crippen MR) is 129 cm³/mol. The second-order valence-electron chi connectivity index (χ2n) is 8.38. The van der Waals surface area contributed by atoms with Crippen molar-refractivity contribution in [1.29, 1.82) is 0 Å². The van der Waals surface area contributed by atoms with E-state index in [9.17, 15) is 14.3 Å². The Morgan fingerprint density at radius 2 is 1.82 bits per heavy atom. The molecule has 1 amide bonds. The molecule has 0 aliphatic carbocycles. The molecule has 6 heteroatoms. The number of benzene rings is 3. The van der Waals surface area contributed by atoms with Crippen LogP contribution in [0.5, 0.6) is 5.75 Å². The van der Waals surface area contributed by atoms with Crippen LogP contribution < -0.4 is 5.32 Å². The number of fused-ring (bicyclic) bond motifs is 2. The molecular formula is C27H24FN3O2. The Morgan fingerprint density at radius 1 is 1.00 bits per heavy atom. The molecule has 5 nitrogen and oxygen atoms in total. The molecule has 5 aromatic rings. The fourth-order valence-electron chi connectivity index (χ4n) is 4.47. The first-order chi connectivity index (χ1) is 15.9. The number of nitrogens with one attached hydrogen (secondary N) is 3. The van der Waals surface area contributed by atoms with Gasteiger partial charge in [-0.1, -0.05) is 30.3 Å². The predicted octanol–water partition coefficient (Wildman–Crippen LogP) is 5.75. The number of hydrogen-bond donors (Lipinski definition) is 4. The lowest BCUT2D eigenvalue weighted by molar-refractivity contribution is 0.0950. The van der Waals surface area contributed by atoms with Crippen LogP contribution in [0.2, 0.25) is 0 Å². The number of rotatable bonds is 5. The maximum atomic E-state index is 14.2. The van der Waals surface area contributed by atoms with Crippen LogP contribution in [0.3, 0.4) is 0 Å². The monoisotopic (exact) mass is 441 g/mol. The van der Waals surface area contributed by atoms with Gasteiger partial charge in [-0.2, -0.15) is 0 Å². The van der Waals surface area contributed by atoms with Crippen molar-refractivity contribution in [2.75, 3.05) is 6.54 Å². The number of aromatic nitrogens is 2. The minimum Gasteiger partial charge on any atom is -0.508 e. The largest absolute Gasteiger partial charge is 0.508 e. The minimum atomic E-state index is -0.267. The third-order valence-electron chi connectivity index (χ3n) is 6.14. The molecule has 5 rings (SSSR count). The van der Waals surface area contributed by atoms with E-state index in [1.807, 2.05) is 44.2 Å². The molecule has 3 aromatic carbocycles. The lowest BCUT2D eigenvalue weighted by Crippen LogP contribution is -2.26. The van der Waals surface area contributed by atoms with E-state index in [4.69, 9.17) is 0 Å². The van der Waals surface area contributed by atoms with Crippen molar-refractivity contribution in [2.45, 2.75) is 20.3 Å². The van der Waals surface area contributed by atoms with Gasteiger partial charge in [-0.3, -0.25) is 4.79 Å². The SMILES string of the molecule is Cc1[nH]c2c(F)ccc(C)c2c1CCNC(=O)c1cc2ccc(-c3cccc(O)c3)cc2[nH]1. The lowest BCUT2D eigenvalue weighted by atomic mass is 10.0. The van der Waals surface area contributed by atoms with Crippen LogP contribution in [0, 0.1) is 19.7 Å². The highest BCUT2D eigenvalue weighted by atomic mass is 19.1. The number of hydrogen-bond acceptors (Lipinski definition) is 2. The van der Waals surface area contributed by atoms with Crippen LogP contribution in [-0.2, 0) is 6.42 Å². The molecule has 0 spiro atoms. The summed E-state index contributed by atoms with van der Waals surface area (Å²) < 4.78 is 14.2. The standard InChI is InChI=1S/C27H24FN3O2/c1-15-6-9-22(28)26-25(15)21(16(2)30-26)10-11-29-27(33)24-14-19-8-7-18(13-23(19)31-24)17-4-3-5-20(32)12-17/h3-9,12-14,30-32H,10-11H2,1-2H3,(H,29,33). The van der Waals surface area contributed by atoms with E-state index in [0.29, 0.717) is 24.2 Å². The highest BCUT2D eigenvalue weighted by Gasteiger charge is 2.15. The normalized spacial score (nSPS) is 11.4. The molecule has 0 saturated carbocycles. The number of amides is 1. The number of H-pyrrole nitrogens is 2. The maximum Gasteiger partial charge on any atom is 0.267 e. The molecule has 0 aliphatic rings. The minimum absolute atomic E-state index is 0.189. The molecule has 0 saturated heterocycles. The van der Waals surface area contributed by atoms with E-state index in [-0.39, 0.29) is 17.5 Å². The van der Waals surface area contributed by atoms with Gasteiger partial charge in [-0.05, 0) is 72.9 Å². The van der Waals surface area contributed by atoms with Crippen LogP contribution >= 0.6 is 0 Å². The van der Waals surface area contributed by atoms with Crippen LogP contribution in [0.4, 0.5) is 4.39 Å². The summed E-state index contributed by atoms with van der Waals surface area (Å²) in [6, 6.07) is 18.0. The third kappa shape index (κ3) is 3.84. The molecule has 2 heterocycles. The van der Waals surface area contributed by atoms with E-state index in [1.165, 1.54) is 6.07 Å². The second-order valence-corrected chi connectivity index (χ2v) is 8.38. The van der Waals surface area contributed by atoms with Gasteiger partial charge in [0.2, 0.25) is 0 Å². The molecule has 0 atom stereocenters. The van der Waals surface area contributed by atoms with Crippen molar-refractivity contribution in [1.82, 2.24) is 15.3 Å².